The first-order chi connectivity index (χ1) is 12.1. The number of benzene rings is 2. The molecule has 0 saturated heterocycles. The van der Waals surface area contributed by atoms with Crippen LogP contribution >= 0.6 is 0 Å². The third-order valence-corrected chi connectivity index (χ3v) is 4.65. The van der Waals surface area contributed by atoms with Gasteiger partial charge in [0.25, 0.3) is 5.91 Å². The maximum Gasteiger partial charge on any atom is 0.261 e. The molecule has 140 valence electrons. The number of hydrogen-bond acceptors (Lipinski definition) is 2. The van der Waals surface area contributed by atoms with Gasteiger partial charge in [0.15, 0.2) is 6.10 Å². The Morgan fingerprint density at radius 3 is 2.15 bits per heavy atom. The summed E-state index contributed by atoms with van der Waals surface area (Å²) < 4.78 is 5.82. The Hall–Kier alpha value is -2.29. The fraction of sp³-hybridized carbons (Fsp3) is 0.435. The molecule has 0 saturated carbocycles. The normalized spacial score (nSPS) is 13.8. The monoisotopic (exact) mass is 353 g/mol. The first-order valence-electron chi connectivity index (χ1n) is 9.22. The molecule has 0 spiro atoms. The molecule has 0 aliphatic rings. The van der Waals surface area contributed by atoms with Gasteiger partial charge in [-0.3, -0.25) is 4.79 Å². The molecule has 0 aliphatic heterocycles. The zero-order valence-corrected chi connectivity index (χ0v) is 17.0. The van der Waals surface area contributed by atoms with Crippen molar-refractivity contribution in [1.82, 2.24) is 5.32 Å². The molecule has 2 aromatic carbocycles. The fourth-order valence-electron chi connectivity index (χ4n) is 3.01. The number of amides is 1. The minimum Gasteiger partial charge on any atom is -0.481 e. The summed E-state index contributed by atoms with van der Waals surface area (Å²) in [7, 11) is 0. The lowest BCUT2D eigenvalue weighted by atomic mass is 9.87. The van der Waals surface area contributed by atoms with Crippen molar-refractivity contribution in [1.29, 1.82) is 0 Å². The second kappa shape index (κ2) is 7.94. The van der Waals surface area contributed by atoms with Crippen LogP contribution in [0, 0.1) is 13.8 Å². The largest absolute Gasteiger partial charge is 0.481 e. The van der Waals surface area contributed by atoms with Crippen LogP contribution in [0.3, 0.4) is 0 Å². The molecule has 0 aromatic heterocycles. The zero-order valence-electron chi connectivity index (χ0n) is 17.0. The molecule has 0 unspecified atom stereocenters. The molecule has 2 atom stereocenters. The average molecular weight is 354 g/mol. The lowest BCUT2D eigenvalue weighted by molar-refractivity contribution is -0.127. The summed E-state index contributed by atoms with van der Waals surface area (Å²) in [4.78, 5) is 12.5. The van der Waals surface area contributed by atoms with Crippen molar-refractivity contribution in [3.05, 3.63) is 64.7 Å². The summed E-state index contributed by atoms with van der Waals surface area (Å²) in [6.07, 6.45) is -0.552. The zero-order chi connectivity index (χ0) is 19.5. The van der Waals surface area contributed by atoms with Crippen LogP contribution in [0.5, 0.6) is 5.75 Å². The molecular formula is C23H31NO2. The van der Waals surface area contributed by atoms with E-state index in [1.807, 2.05) is 19.1 Å². The maximum atomic E-state index is 12.5. The summed E-state index contributed by atoms with van der Waals surface area (Å²) >= 11 is 0. The van der Waals surface area contributed by atoms with Crippen molar-refractivity contribution >= 4 is 5.91 Å². The number of rotatable bonds is 5. The molecule has 2 aromatic rings. The van der Waals surface area contributed by atoms with Gasteiger partial charge in [0.2, 0.25) is 0 Å². The van der Waals surface area contributed by atoms with Crippen molar-refractivity contribution in [2.45, 2.75) is 66.0 Å². The van der Waals surface area contributed by atoms with Crippen LogP contribution in [-0.2, 0) is 10.2 Å². The highest BCUT2D eigenvalue weighted by molar-refractivity contribution is 5.81. The third kappa shape index (κ3) is 5.10. The van der Waals surface area contributed by atoms with E-state index in [0.717, 1.165) is 5.56 Å². The molecule has 2 rings (SSSR count). The van der Waals surface area contributed by atoms with Gasteiger partial charge in [-0.25, -0.2) is 0 Å². The molecule has 0 fully saturated rings. The summed E-state index contributed by atoms with van der Waals surface area (Å²) in [6, 6.07) is 14.2. The Bertz CT molecular complexity index is 757. The molecule has 0 radical (unpaired) electrons. The first-order valence-corrected chi connectivity index (χ1v) is 9.22. The summed E-state index contributed by atoms with van der Waals surface area (Å²) in [5.74, 6) is 0.595. The summed E-state index contributed by atoms with van der Waals surface area (Å²) in [5, 5.41) is 3.05. The molecule has 1 N–H and O–H groups in total. The Balaban J connectivity index is 1.98. The number of ether oxygens (including phenoxy) is 1. The van der Waals surface area contributed by atoms with E-state index in [1.165, 1.54) is 16.7 Å². The fourth-order valence-corrected chi connectivity index (χ4v) is 3.01. The van der Waals surface area contributed by atoms with Crippen LogP contribution in [0.2, 0.25) is 0 Å². The summed E-state index contributed by atoms with van der Waals surface area (Å²) in [5.41, 5.74) is 4.88. The predicted molar refractivity (Wildman–Crippen MR) is 108 cm³/mol. The molecular weight excluding hydrogens is 322 g/mol. The van der Waals surface area contributed by atoms with Gasteiger partial charge >= 0.3 is 0 Å². The Morgan fingerprint density at radius 1 is 1.00 bits per heavy atom. The molecule has 3 nitrogen and oxygen atoms in total. The highest BCUT2D eigenvalue weighted by Gasteiger charge is 2.19. The topological polar surface area (TPSA) is 38.3 Å². The highest BCUT2D eigenvalue weighted by Crippen LogP contribution is 2.25. The Labute approximate surface area is 157 Å². The van der Waals surface area contributed by atoms with E-state index < -0.39 is 6.10 Å². The minimum absolute atomic E-state index is 0.0579. The number of carbonyl (C=O) groups excluding carboxylic acids is 1. The Morgan fingerprint density at radius 2 is 1.62 bits per heavy atom. The van der Waals surface area contributed by atoms with Gasteiger partial charge in [-0.2, -0.15) is 0 Å². The van der Waals surface area contributed by atoms with E-state index in [2.05, 4.69) is 70.3 Å². The number of nitrogens with one attached hydrogen (secondary N) is 1. The molecule has 3 heteroatoms. The van der Waals surface area contributed by atoms with Crippen molar-refractivity contribution in [3.63, 3.8) is 0 Å². The molecule has 0 aliphatic carbocycles. The smallest absolute Gasteiger partial charge is 0.261 e. The second-order valence-corrected chi connectivity index (χ2v) is 8.12. The van der Waals surface area contributed by atoms with E-state index in [-0.39, 0.29) is 17.4 Å². The van der Waals surface area contributed by atoms with Crippen molar-refractivity contribution in [2.75, 3.05) is 0 Å². The van der Waals surface area contributed by atoms with Gasteiger partial charge in [-0.15, -0.1) is 0 Å². The van der Waals surface area contributed by atoms with Gasteiger partial charge in [0.05, 0.1) is 6.04 Å². The van der Waals surface area contributed by atoms with Crippen molar-refractivity contribution < 1.29 is 9.53 Å². The third-order valence-electron chi connectivity index (χ3n) is 4.65. The lowest BCUT2D eigenvalue weighted by Crippen LogP contribution is -2.38. The molecule has 0 heterocycles. The Kier molecular flexibility index (Phi) is 6.12. The van der Waals surface area contributed by atoms with Gasteiger partial charge in [-0.1, -0.05) is 56.7 Å². The van der Waals surface area contributed by atoms with Crippen LogP contribution in [0.1, 0.15) is 62.9 Å². The quantitative estimate of drug-likeness (QED) is 0.798. The number of hydrogen-bond donors (Lipinski definition) is 1. The van der Waals surface area contributed by atoms with Gasteiger partial charge < -0.3 is 10.1 Å². The van der Waals surface area contributed by atoms with Crippen LogP contribution in [0.4, 0.5) is 0 Å². The predicted octanol–water partition coefficient (Wildman–Crippen LogP) is 5.25. The van der Waals surface area contributed by atoms with Gasteiger partial charge in [0, 0.05) is 0 Å². The lowest BCUT2D eigenvalue weighted by Gasteiger charge is -2.22. The van der Waals surface area contributed by atoms with E-state index in [4.69, 9.17) is 4.74 Å². The average Bonchev–Trinajstić information content (AvgIpc) is 2.54. The maximum absolute atomic E-state index is 12.5. The second-order valence-electron chi connectivity index (χ2n) is 8.12. The first kappa shape index (κ1) is 20.0. The van der Waals surface area contributed by atoms with E-state index in [1.54, 1.807) is 6.92 Å². The van der Waals surface area contributed by atoms with E-state index >= 15 is 0 Å². The van der Waals surface area contributed by atoms with Gasteiger partial charge in [0.1, 0.15) is 5.75 Å². The van der Waals surface area contributed by atoms with E-state index in [0.29, 0.717) is 5.75 Å². The van der Waals surface area contributed by atoms with Crippen LogP contribution < -0.4 is 10.1 Å². The van der Waals surface area contributed by atoms with Crippen molar-refractivity contribution in [2.24, 2.45) is 0 Å². The minimum atomic E-state index is -0.552. The standard InChI is InChI=1S/C23H31NO2/c1-15-8-13-21(16(2)14-15)17(3)24-22(25)18(4)26-20-11-9-19(10-12-20)23(5,6)7/h8-14,17-18H,1-7H3,(H,24,25)/t17-,18-/m0/s1. The van der Waals surface area contributed by atoms with Gasteiger partial charge in [-0.05, 0) is 61.9 Å². The van der Waals surface area contributed by atoms with Crippen molar-refractivity contribution in [3.8, 4) is 5.75 Å². The van der Waals surface area contributed by atoms with Crippen LogP contribution in [0.25, 0.3) is 0 Å². The van der Waals surface area contributed by atoms with Crippen LogP contribution in [-0.4, -0.2) is 12.0 Å². The highest BCUT2D eigenvalue weighted by atomic mass is 16.5. The number of aryl methyl sites for hydroxylation is 2. The summed E-state index contributed by atoms with van der Waals surface area (Å²) in [6.45, 7) is 14.4. The molecule has 0 bridgehead atoms. The molecule has 26 heavy (non-hydrogen) atoms. The molecule has 1 amide bonds. The number of carbonyl (C=O) groups is 1. The SMILES string of the molecule is Cc1ccc([C@H](C)NC(=O)[C@H](C)Oc2ccc(C(C)(C)C)cc2)c(C)c1. The van der Waals surface area contributed by atoms with E-state index in [9.17, 15) is 4.79 Å². The van der Waals surface area contributed by atoms with Crippen LogP contribution in [0.15, 0.2) is 42.5 Å².